The summed E-state index contributed by atoms with van der Waals surface area (Å²) in [5, 5.41) is 0.629. The van der Waals surface area contributed by atoms with E-state index in [1.54, 1.807) is 24.0 Å². The van der Waals surface area contributed by atoms with Crippen molar-refractivity contribution >= 4 is 22.8 Å². The number of rotatable bonds is 6. The number of carbonyl (C=O) groups is 2. The van der Waals surface area contributed by atoms with E-state index >= 15 is 0 Å². The van der Waals surface area contributed by atoms with E-state index in [1.165, 1.54) is 12.1 Å². The molecular weight excluding hydrogens is 359 g/mol. The second kappa shape index (κ2) is 8.61. The molecule has 0 saturated heterocycles. The summed E-state index contributed by atoms with van der Waals surface area (Å²) >= 11 is 0. The average Bonchev–Trinajstić information content (AvgIpc) is 2.70. The van der Waals surface area contributed by atoms with Gasteiger partial charge in [-0.05, 0) is 37.6 Å². The van der Waals surface area contributed by atoms with Gasteiger partial charge in [-0.25, -0.2) is 9.18 Å². The number of amides is 1. The summed E-state index contributed by atoms with van der Waals surface area (Å²) in [5.41, 5.74) is 2.15. The number of aromatic nitrogens is 1. The van der Waals surface area contributed by atoms with Gasteiger partial charge in [0.1, 0.15) is 5.82 Å². The summed E-state index contributed by atoms with van der Waals surface area (Å²) in [4.78, 5) is 30.8. The van der Waals surface area contributed by atoms with Gasteiger partial charge in [0.2, 0.25) is 0 Å². The molecular formula is C22H21FN2O3. The molecule has 3 rings (SSSR count). The number of pyridine rings is 1. The molecule has 28 heavy (non-hydrogen) atoms. The summed E-state index contributed by atoms with van der Waals surface area (Å²) in [6.45, 7) is 4.14. The molecule has 0 N–H and O–H groups in total. The number of ether oxygens (including phenoxy) is 1. The second-order valence-electron chi connectivity index (χ2n) is 6.43. The molecule has 1 heterocycles. The largest absolute Gasteiger partial charge is 0.452 e. The van der Waals surface area contributed by atoms with Crippen LogP contribution in [-0.4, -0.2) is 34.9 Å². The maximum absolute atomic E-state index is 13.3. The van der Waals surface area contributed by atoms with Gasteiger partial charge in [0.15, 0.2) is 6.61 Å². The summed E-state index contributed by atoms with van der Waals surface area (Å²) in [5.74, 6) is -1.29. The van der Waals surface area contributed by atoms with Gasteiger partial charge in [-0.15, -0.1) is 0 Å². The van der Waals surface area contributed by atoms with E-state index in [1.807, 2.05) is 37.3 Å². The zero-order valence-corrected chi connectivity index (χ0v) is 15.8. The molecule has 0 aliphatic heterocycles. The van der Waals surface area contributed by atoms with Crippen molar-refractivity contribution in [3.63, 3.8) is 0 Å². The van der Waals surface area contributed by atoms with Crippen LogP contribution in [0.25, 0.3) is 10.9 Å². The predicted molar refractivity (Wildman–Crippen MR) is 104 cm³/mol. The topological polar surface area (TPSA) is 59.5 Å². The van der Waals surface area contributed by atoms with Crippen LogP contribution in [-0.2, 0) is 16.1 Å². The molecule has 3 aromatic rings. The smallest absolute Gasteiger partial charge is 0.340 e. The van der Waals surface area contributed by atoms with Crippen molar-refractivity contribution in [2.75, 3.05) is 13.2 Å². The first-order chi connectivity index (χ1) is 13.5. The average molecular weight is 380 g/mol. The van der Waals surface area contributed by atoms with Crippen LogP contribution in [0.2, 0.25) is 0 Å². The highest BCUT2D eigenvalue weighted by Crippen LogP contribution is 2.18. The third-order valence-electron chi connectivity index (χ3n) is 4.47. The van der Waals surface area contributed by atoms with E-state index in [0.29, 0.717) is 29.7 Å². The van der Waals surface area contributed by atoms with Crippen LogP contribution < -0.4 is 0 Å². The summed E-state index contributed by atoms with van der Waals surface area (Å²) in [7, 11) is 0. The molecule has 5 nitrogen and oxygen atoms in total. The minimum Gasteiger partial charge on any atom is -0.452 e. The molecule has 144 valence electrons. The number of halogens is 1. The summed E-state index contributed by atoms with van der Waals surface area (Å²) < 4.78 is 18.5. The highest BCUT2D eigenvalue weighted by molar-refractivity contribution is 5.96. The van der Waals surface area contributed by atoms with Crippen LogP contribution in [0, 0.1) is 12.7 Å². The number of hydrogen-bond donors (Lipinski definition) is 0. The Bertz CT molecular complexity index is 1010. The molecule has 0 bridgehead atoms. The standard InChI is InChI=1S/C22H21FN2O3/c1-3-25(13-16-7-5-4-6-8-16)21(26)14-28-22(27)19-11-17-9-10-18(23)12-20(17)24-15(19)2/h4-12H,3,13-14H2,1-2H3. The fraction of sp³-hybridized carbons (Fsp3) is 0.227. The first-order valence-corrected chi connectivity index (χ1v) is 9.03. The molecule has 0 aliphatic rings. The molecule has 0 aliphatic carbocycles. The zero-order chi connectivity index (χ0) is 20.1. The molecule has 0 unspecified atom stereocenters. The molecule has 0 fully saturated rings. The SMILES string of the molecule is CCN(Cc1ccccc1)C(=O)COC(=O)c1cc2ccc(F)cc2nc1C. The lowest BCUT2D eigenvalue weighted by molar-refractivity contribution is -0.134. The monoisotopic (exact) mass is 380 g/mol. The van der Waals surface area contributed by atoms with E-state index in [0.717, 1.165) is 5.56 Å². The lowest BCUT2D eigenvalue weighted by Crippen LogP contribution is -2.34. The predicted octanol–water partition coefficient (Wildman–Crippen LogP) is 3.89. The quantitative estimate of drug-likeness (QED) is 0.609. The van der Waals surface area contributed by atoms with Crippen molar-refractivity contribution in [1.82, 2.24) is 9.88 Å². The van der Waals surface area contributed by atoms with Crippen LogP contribution in [0.15, 0.2) is 54.6 Å². The molecule has 1 amide bonds. The lowest BCUT2D eigenvalue weighted by Gasteiger charge is -2.21. The minimum atomic E-state index is -0.625. The van der Waals surface area contributed by atoms with Crippen LogP contribution in [0.3, 0.4) is 0 Å². The van der Waals surface area contributed by atoms with Crippen molar-refractivity contribution < 1.29 is 18.7 Å². The maximum atomic E-state index is 13.3. The Morgan fingerprint density at radius 3 is 2.57 bits per heavy atom. The molecule has 6 heteroatoms. The maximum Gasteiger partial charge on any atom is 0.340 e. The van der Waals surface area contributed by atoms with Crippen molar-refractivity contribution in [2.45, 2.75) is 20.4 Å². The van der Waals surface area contributed by atoms with Gasteiger partial charge < -0.3 is 9.64 Å². The Kier molecular flexibility index (Phi) is 5.99. The van der Waals surface area contributed by atoms with Gasteiger partial charge in [0.25, 0.3) is 5.91 Å². The van der Waals surface area contributed by atoms with Gasteiger partial charge in [-0.1, -0.05) is 30.3 Å². The number of likely N-dealkylation sites (N-methyl/N-ethyl adjacent to an activating group) is 1. The second-order valence-corrected chi connectivity index (χ2v) is 6.43. The van der Waals surface area contributed by atoms with Gasteiger partial charge >= 0.3 is 5.97 Å². The lowest BCUT2D eigenvalue weighted by atomic mass is 10.1. The van der Waals surface area contributed by atoms with E-state index in [4.69, 9.17) is 4.74 Å². The van der Waals surface area contributed by atoms with Crippen molar-refractivity contribution in [2.24, 2.45) is 0 Å². The van der Waals surface area contributed by atoms with Crippen LogP contribution >= 0.6 is 0 Å². The fourth-order valence-corrected chi connectivity index (χ4v) is 2.92. The first kappa shape index (κ1) is 19.5. The van der Waals surface area contributed by atoms with Gasteiger partial charge in [-0.2, -0.15) is 0 Å². The van der Waals surface area contributed by atoms with Crippen molar-refractivity contribution in [3.8, 4) is 0 Å². The third kappa shape index (κ3) is 4.52. The number of fused-ring (bicyclic) bond motifs is 1. The highest BCUT2D eigenvalue weighted by atomic mass is 19.1. The minimum absolute atomic E-state index is 0.262. The van der Waals surface area contributed by atoms with Crippen LogP contribution in [0.1, 0.15) is 28.5 Å². The number of aryl methyl sites for hydroxylation is 1. The Balaban J connectivity index is 1.67. The van der Waals surface area contributed by atoms with Gasteiger partial charge in [0.05, 0.1) is 16.8 Å². The number of carbonyl (C=O) groups excluding carboxylic acids is 2. The van der Waals surface area contributed by atoms with E-state index in [2.05, 4.69) is 4.98 Å². The first-order valence-electron chi connectivity index (χ1n) is 9.03. The molecule has 0 spiro atoms. The van der Waals surface area contributed by atoms with E-state index in [-0.39, 0.29) is 18.1 Å². The van der Waals surface area contributed by atoms with Crippen LogP contribution in [0.4, 0.5) is 4.39 Å². The van der Waals surface area contributed by atoms with Crippen molar-refractivity contribution in [1.29, 1.82) is 0 Å². The Hall–Kier alpha value is -3.28. The summed E-state index contributed by atoms with van der Waals surface area (Å²) in [6, 6.07) is 15.4. The van der Waals surface area contributed by atoms with Gasteiger partial charge in [-0.3, -0.25) is 9.78 Å². The molecule has 0 saturated carbocycles. The molecule has 2 aromatic carbocycles. The van der Waals surface area contributed by atoms with Crippen molar-refractivity contribution in [3.05, 3.63) is 77.2 Å². The fourth-order valence-electron chi connectivity index (χ4n) is 2.92. The van der Waals surface area contributed by atoms with Crippen LogP contribution in [0.5, 0.6) is 0 Å². The molecule has 0 radical (unpaired) electrons. The zero-order valence-electron chi connectivity index (χ0n) is 15.8. The Labute approximate surface area is 162 Å². The molecule has 0 atom stereocenters. The Morgan fingerprint density at radius 1 is 1.11 bits per heavy atom. The Morgan fingerprint density at radius 2 is 1.86 bits per heavy atom. The summed E-state index contributed by atoms with van der Waals surface area (Å²) in [6.07, 6.45) is 0. The highest BCUT2D eigenvalue weighted by Gasteiger charge is 2.18. The number of benzene rings is 2. The number of nitrogens with zero attached hydrogens (tertiary/aromatic N) is 2. The van der Waals surface area contributed by atoms with Gasteiger partial charge in [0, 0.05) is 24.5 Å². The van der Waals surface area contributed by atoms with E-state index < -0.39 is 11.8 Å². The van der Waals surface area contributed by atoms with E-state index in [9.17, 15) is 14.0 Å². The number of esters is 1. The normalized spacial score (nSPS) is 10.7. The number of hydrogen-bond acceptors (Lipinski definition) is 4. The molecule has 1 aromatic heterocycles. The third-order valence-corrected chi connectivity index (χ3v) is 4.47.